The number of halogens is 1. The van der Waals surface area contributed by atoms with Crippen molar-refractivity contribution in [1.29, 1.82) is 0 Å². The number of rotatable bonds is 5. The summed E-state index contributed by atoms with van der Waals surface area (Å²) >= 11 is 7.66. The summed E-state index contributed by atoms with van der Waals surface area (Å²) in [6, 6.07) is 12.1. The van der Waals surface area contributed by atoms with Gasteiger partial charge in [0.2, 0.25) is 0 Å². The van der Waals surface area contributed by atoms with Crippen molar-refractivity contribution in [3.8, 4) is 0 Å². The third kappa shape index (κ3) is 4.97. The van der Waals surface area contributed by atoms with Crippen LogP contribution >= 0.6 is 22.9 Å². The van der Waals surface area contributed by atoms with Crippen LogP contribution in [0.5, 0.6) is 0 Å². The topological polar surface area (TPSA) is 35.6 Å². The maximum atomic E-state index is 12.2. The summed E-state index contributed by atoms with van der Waals surface area (Å²) in [4.78, 5) is 17.9. The average Bonchev–Trinajstić information content (AvgIpc) is 3.10. The summed E-state index contributed by atoms with van der Waals surface area (Å²) in [6.45, 7) is 5.08. The third-order valence-electron chi connectivity index (χ3n) is 4.22. The van der Waals surface area contributed by atoms with Crippen molar-refractivity contribution in [2.24, 2.45) is 0 Å². The molecule has 0 spiro atoms. The van der Waals surface area contributed by atoms with E-state index in [-0.39, 0.29) is 6.03 Å². The second kappa shape index (κ2) is 8.51. The Morgan fingerprint density at radius 2 is 1.88 bits per heavy atom. The largest absolute Gasteiger partial charge is 0.338 e. The van der Waals surface area contributed by atoms with Gasteiger partial charge in [-0.05, 0) is 35.6 Å². The van der Waals surface area contributed by atoms with Crippen LogP contribution in [0, 0.1) is 0 Å². The molecule has 1 N–H and O–H groups in total. The van der Waals surface area contributed by atoms with E-state index < -0.39 is 0 Å². The Kier molecular flexibility index (Phi) is 6.12. The number of hydrogen-bond acceptors (Lipinski definition) is 3. The van der Waals surface area contributed by atoms with Crippen molar-refractivity contribution in [3.05, 3.63) is 57.2 Å². The van der Waals surface area contributed by atoms with Gasteiger partial charge in [0, 0.05) is 49.2 Å². The Morgan fingerprint density at radius 1 is 1.12 bits per heavy atom. The van der Waals surface area contributed by atoms with Crippen molar-refractivity contribution in [2.45, 2.75) is 13.0 Å². The normalized spacial score (nSPS) is 15.5. The molecule has 4 nitrogen and oxygen atoms in total. The predicted molar refractivity (Wildman–Crippen MR) is 99.7 cm³/mol. The Labute approximate surface area is 152 Å². The van der Waals surface area contributed by atoms with Crippen molar-refractivity contribution in [3.63, 3.8) is 0 Å². The lowest BCUT2D eigenvalue weighted by molar-refractivity contribution is 0.136. The molecule has 0 radical (unpaired) electrons. The lowest BCUT2D eigenvalue weighted by atomic mass is 10.1. The minimum absolute atomic E-state index is 0.0414. The van der Waals surface area contributed by atoms with Gasteiger partial charge in [0.1, 0.15) is 0 Å². The van der Waals surface area contributed by atoms with Crippen LogP contribution in [0.4, 0.5) is 4.79 Å². The summed E-state index contributed by atoms with van der Waals surface area (Å²) < 4.78 is 0. The molecule has 6 heteroatoms. The van der Waals surface area contributed by atoms with Gasteiger partial charge in [0.25, 0.3) is 0 Å². The Morgan fingerprint density at radius 3 is 2.54 bits per heavy atom. The molecule has 0 atom stereocenters. The first-order valence-electron chi connectivity index (χ1n) is 8.23. The molecule has 0 saturated carbocycles. The number of benzene rings is 1. The van der Waals surface area contributed by atoms with E-state index in [4.69, 9.17) is 11.6 Å². The van der Waals surface area contributed by atoms with Crippen molar-refractivity contribution < 1.29 is 4.79 Å². The minimum Gasteiger partial charge on any atom is -0.338 e. The van der Waals surface area contributed by atoms with E-state index in [0.717, 1.165) is 44.2 Å². The van der Waals surface area contributed by atoms with Crippen LogP contribution < -0.4 is 5.32 Å². The van der Waals surface area contributed by atoms with E-state index in [2.05, 4.69) is 27.7 Å². The Hall–Kier alpha value is -1.56. The fraction of sp³-hybridized carbons (Fsp3) is 0.389. The van der Waals surface area contributed by atoms with Gasteiger partial charge in [0.15, 0.2) is 0 Å². The molecule has 1 fully saturated rings. The Bertz CT molecular complexity index is 637. The molecule has 1 saturated heterocycles. The summed E-state index contributed by atoms with van der Waals surface area (Å²) in [5.74, 6) is 0. The van der Waals surface area contributed by atoms with Crippen LogP contribution in [0.3, 0.4) is 0 Å². The molecular weight excluding hydrogens is 342 g/mol. The molecule has 1 aromatic heterocycles. The predicted octanol–water partition coefficient (Wildman–Crippen LogP) is 3.47. The maximum Gasteiger partial charge on any atom is 0.317 e. The van der Waals surface area contributed by atoms with E-state index >= 15 is 0 Å². The number of nitrogens with zero attached hydrogens (tertiary/aromatic N) is 2. The number of carbonyl (C=O) groups excluding carboxylic acids is 1. The number of urea groups is 1. The fourth-order valence-electron chi connectivity index (χ4n) is 2.81. The molecule has 128 valence electrons. The highest BCUT2D eigenvalue weighted by Gasteiger charge is 2.20. The summed E-state index contributed by atoms with van der Waals surface area (Å²) in [7, 11) is 0. The number of carbonyl (C=O) groups is 1. The highest BCUT2D eigenvalue weighted by molar-refractivity contribution is 7.09. The van der Waals surface area contributed by atoms with Gasteiger partial charge < -0.3 is 10.2 Å². The van der Waals surface area contributed by atoms with Gasteiger partial charge in [-0.15, -0.1) is 11.3 Å². The average molecular weight is 364 g/mol. The molecule has 0 unspecified atom stereocenters. The highest BCUT2D eigenvalue weighted by Crippen LogP contribution is 2.13. The van der Waals surface area contributed by atoms with Crippen LogP contribution in [0.2, 0.25) is 5.02 Å². The van der Waals surface area contributed by atoms with Crippen LogP contribution in [-0.2, 0) is 13.0 Å². The van der Waals surface area contributed by atoms with Crippen LogP contribution in [0.15, 0.2) is 41.8 Å². The lowest BCUT2D eigenvalue weighted by Crippen LogP contribution is -2.51. The van der Waals surface area contributed by atoms with Crippen LogP contribution in [0.25, 0.3) is 0 Å². The van der Waals surface area contributed by atoms with E-state index in [1.54, 1.807) is 11.3 Å². The first-order chi connectivity index (χ1) is 11.7. The monoisotopic (exact) mass is 363 g/mol. The summed E-state index contributed by atoms with van der Waals surface area (Å²) in [5.41, 5.74) is 1.18. The molecular formula is C18H22ClN3OS. The number of hydrogen-bond donors (Lipinski definition) is 1. The number of thiophene rings is 1. The summed E-state index contributed by atoms with van der Waals surface area (Å²) in [5, 5.41) is 5.86. The highest BCUT2D eigenvalue weighted by atomic mass is 35.5. The smallest absolute Gasteiger partial charge is 0.317 e. The first-order valence-corrected chi connectivity index (χ1v) is 9.48. The van der Waals surface area contributed by atoms with Gasteiger partial charge >= 0.3 is 6.03 Å². The van der Waals surface area contributed by atoms with E-state index in [9.17, 15) is 4.79 Å². The van der Waals surface area contributed by atoms with Crippen molar-refractivity contribution in [1.82, 2.24) is 15.1 Å². The maximum absolute atomic E-state index is 12.2. The van der Waals surface area contributed by atoms with E-state index in [1.165, 1.54) is 10.4 Å². The second-order valence-corrected chi connectivity index (χ2v) is 7.42. The van der Waals surface area contributed by atoms with Gasteiger partial charge in [0.05, 0.1) is 0 Å². The summed E-state index contributed by atoms with van der Waals surface area (Å²) in [6.07, 6.45) is 0.821. The zero-order chi connectivity index (χ0) is 16.8. The van der Waals surface area contributed by atoms with E-state index in [1.807, 2.05) is 29.2 Å². The lowest BCUT2D eigenvalue weighted by Gasteiger charge is -2.34. The number of amides is 2. The van der Waals surface area contributed by atoms with Gasteiger partial charge in [-0.1, -0.05) is 29.8 Å². The van der Waals surface area contributed by atoms with Gasteiger partial charge in [-0.25, -0.2) is 4.79 Å². The zero-order valence-corrected chi connectivity index (χ0v) is 15.2. The molecule has 0 aliphatic carbocycles. The van der Waals surface area contributed by atoms with Gasteiger partial charge in [-0.2, -0.15) is 0 Å². The van der Waals surface area contributed by atoms with Gasteiger partial charge in [-0.3, -0.25) is 4.90 Å². The Balaban J connectivity index is 1.36. The molecule has 1 aromatic carbocycles. The SMILES string of the molecule is O=C(NCCc1ccc(Cl)cc1)N1CCN(Cc2cccs2)CC1. The molecule has 2 heterocycles. The number of nitrogens with one attached hydrogen (secondary N) is 1. The van der Waals surface area contributed by atoms with Crippen molar-refractivity contribution >= 4 is 29.0 Å². The minimum atomic E-state index is 0.0414. The van der Waals surface area contributed by atoms with Crippen LogP contribution in [0.1, 0.15) is 10.4 Å². The molecule has 24 heavy (non-hydrogen) atoms. The standard InChI is InChI=1S/C18H22ClN3OS/c19-16-5-3-15(4-6-16)7-8-20-18(23)22-11-9-21(10-12-22)14-17-2-1-13-24-17/h1-6,13H,7-12,14H2,(H,20,23). The molecule has 0 bridgehead atoms. The second-order valence-electron chi connectivity index (χ2n) is 5.95. The molecule has 2 aromatic rings. The van der Waals surface area contributed by atoms with E-state index in [0.29, 0.717) is 6.54 Å². The first kappa shape index (κ1) is 17.3. The third-order valence-corrected chi connectivity index (χ3v) is 5.34. The molecule has 1 aliphatic heterocycles. The number of piperazine rings is 1. The fourth-order valence-corrected chi connectivity index (χ4v) is 3.68. The molecule has 3 rings (SSSR count). The zero-order valence-electron chi connectivity index (χ0n) is 13.6. The van der Waals surface area contributed by atoms with Crippen molar-refractivity contribution in [2.75, 3.05) is 32.7 Å². The molecule has 1 aliphatic rings. The van der Waals surface area contributed by atoms with Crippen LogP contribution in [-0.4, -0.2) is 48.6 Å². The quantitative estimate of drug-likeness (QED) is 0.882. The molecule has 2 amide bonds.